The highest BCUT2D eigenvalue weighted by molar-refractivity contribution is 5.48. The molecule has 0 spiro atoms. The summed E-state index contributed by atoms with van der Waals surface area (Å²) in [5, 5.41) is 10.4. The molecule has 0 radical (unpaired) electrons. The summed E-state index contributed by atoms with van der Waals surface area (Å²) in [7, 11) is 0. The zero-order valence-electron chi connectivity index (χ0n) is 13.1. The molecule has 1 aliphatic rings. The molecule has 0 saturated carbocycles. The summed E-state index contributed by atoms with van der Waals surface area (Å²) in [6.45, 7) is 8.34. The van der Waals surface area contributed by atoms with Gasteiger partial charge >= 0.3 is 0 Å². The number of benzene rings is 1. The maximum Gasteiger partial charge on any atom is 0.123 e. The molecule has 1 aliphatic carbocycles. The molecule has 0 saturated heterocycles. The number of hydrogen-bond acceptors (Lipinski definition) is 1. The molecule has 2 nitrogen and oxygen atoms in total. The van der Waals surface area contributed by atoms with Crippen LogP contribution in [0.3, 0.4) is 0 Å². The van der Waals surface area contributed by atoms with E-state index in [1.807, 2.05) is 19.9 Å². The first-order chi connectivity index (χ1) is 9.78. The van der Waals surface area contributed by atoms with E-state index in [-0.39, 0.29) is 11.2 Å². The standard InChI is InChI=1S/C18H22FNO/c1-11-7-13(19)5-6-15(11)20-12(2)8-14-16(20)9-18(3,4)10-17(14)21/h5-8,17,21H,9-10H2,1-4H3. The second-order valence-electron chi connectivity index (χ2n) is 7.01. The van der Waals surface area contributed by atoms with Crippen LogP contribution in [0.15, 0.2) is 24.3 Å². The first kappa shape index (κ1) is 14.3. The second kappa shape index (κ2) is 4.70. The van der Waals surface area contributed by atoms with E-state index >= 15 is 0 Å². The Kier molecular flexibility index (Phi) is 3.21. The minimum Gasteiger partial charge on any atom is -0.388 e. The number of rotatable bonds is 1. The van der Waals surface area contributed by atoms with Gasteiger partial charge in [0.25, 0.3) is 0 Å². The molecule has 1 heterocycles. The summed E-state index contributed by atoms with van der Waals surface area (Å²) >= 11 is 0. The van der Waals surface area contributed by atoms with Crippen LogP contribution in [0.1, 0.15) is 48.9 Å². The zero-order chi connectivity index (χ0) is 15.4. The van der Waals surface area contributed by atoms with Gasteiger partial charge in [-0.1, -0.05) is 13.8 Å². The minimum atomic E-state index is -0.413. The molecular formula is C18H22FNO. The van der Waals surface area contributed by atoms with Crippen molar-refractivity contribution in [2.45, 2.75) is 46.6 Å². The van der Waals surface area contributed by atoms with Crippen LogP contribution >= 0.6 is 0 Å². The van der Waals surface area contributed by atoms with Crippen molar-refractivity contribution >= 4 is 0 Å². The second-order valence-corrected chi connectivity index (χ2v) is 7.01. The summed E-state index contributed by atoms with van der Waals surface area (Å²) in [6, 6.07) is 6.95. The monoisotopic (exact) mass is 287 g/mol. The highest BCUT2D eigenvalue weighted by Gasteiger charge is 2.34. The maximum atomic E-state index is 13.4. The molecule has 112 valence electrons. The van der Waals surface area contributed by atoms with E-state index in [1.54, 1.807) is 6.07 Å². The maximum absolute atomic E-state index is 13.4. The van der Waals surface area contributed by atoms with Gasteiger partial charge in [-0.05, 0) is 61.9 Å². The first-order valence-electron chi connectivity index (χ1n) is 7.44. The van der Waals surface area contributed by atoms with Crippen molar-refractivity contribution in [3.8, 4) is 5.69 Å². The van der Waals surface area contributed by atoms with Crippen molar-refractivity contribution in [2.75, 3.05) is 0 Å². The molecule has 0 amide bonds. The first-order valence-corrected chi connectivity index (χ1v) is 7.44. The van der Waals surface area contributed by atoms with Gasteiger partial charge in [-0.25, -0.2) is 4.39 Å². The normalized spacial score (nSPS) is 20.4. The van der Waals surface area contributed by atoms with Gasteiger partial charge in [0, 0.05) is 22.6 Å². The Hall–Kier alpha value is -1.61. The van der Waals surface area contributed by atoms with Crippen molar-refractivity contribution in [1.29, 1.82) is 0 Å². The number of aromatic nitrogens is 1. The van der Waals surface area contributed by atoms with Crippen LogP contribution in [-0.4, -0.2) is 9.67 Å². The van der Waals surface area contributed by atoms with Gasteiger partial charge in [-0.2, -0.15) is 0 Å². The summed E-state index contributed by atoms with van der Waals surface area (Å²) in [6.07, 6.45) is 1.29. The third-order valence-electron chi connectivity index (χ3n) is 4.47. The van der Waals surface area contributed by atoms with Crippen LogP contribution < -0.4 is 0 Å². The number of nitrogens with zero attached hydrogens (tertiary/aromatic N) is 1. The summed E-state index contributed by atoms with van der Waals surface area (Å²) in [5.41, 5.74) is 5.26. The van der Waals surface area contributed by atoms with E-state index < -0.39 is 6.10 Å². The third-order valence-corrected chi connectivity index (χ3v) is 4.47. The van der Waals surface area contributed by atoms with Gasteiger partial charge in [-0.15, -0.1) is 0 Å². The zero-order valence-corrected chi connectivity index (χ0v) is 13.1. The lowest BCUT2D eigenvalue weighted by Gasteiger charge is -2.34. The minimum absolute atomic E-state index is 0.0723. The van der Waals surface area contributed by atoms with Crippen LogP contribution in [0.5, 0.6) is 0 Å². The molecule has 0 bridgehead atoms. The Morgan fingerprint density at radius 1 is 1.24 bits per heavy atom. The molecular weight excluding hydrogens is 265 g/mol. The van der Waals surface area contributed by atoms with Gasteiger partial charge in [0.05, 0.1) is 6.10 Å². The van der Waals surface area contributed by atoms with Crippen LogP contribution in [0.25, 0.3) is 5.69 Å². The lowest BCUT2D eigenvalue weighted by atomic mass is 9.75. The van der Waals surface area contributed by atoms with E-state index in [9.17, 15) is 9.50 Å². The Morgan fingerprint density at radius 3 is 2.62 bits per heavy atom. The number of aliphatic hydroxyl groups is 1. The van der Waals surface area contributed by atoms with E-state index in [0.717, 1.165) is 41.0 Å². The molecule has 1 unspecified atom stereocenters. The van der Waals surface area contributed by atoms with Gasteiger partial charge in [0.15, 0.2) is 0 Å². The number of halogens is 1. The van der Waals surface area contributed by atoms with Gasteiger partial charge in [0.2, 0.25) is 0 Å². The number of aliphatic hydroxyl groups excluding tert-OH is 1. The lowest BCUT2D eigenvalue weighted by molar-refractivity contribution is 0.0987. The fourth-order valence-electron chi connectivity index (χ4n) is 3.55. The third kappa shape index (κ3) is 2.40. The van der Waals surface area contributed by atoms with Crippen molar-refractivity contribution < 1.29 is 9.50 Å². The van der Waals surface area contributed by atoms with Crippen molar-refractivity contribution in [1.82, 2.24) is 4.57 Å². The molecule has 3 heteroatoms. The fraction of sp³-hybridized carbons (Fsp3) is 0.444. The van der Waals surface area contributed by atoms with Crippen molar-refractivity contribution in [3.05, 3.63) is 52.6 Å². The highest BCUT2D eigenvalue weighted by Crippen LogP contribution is 2.43. The van der Waals surface area contributed by atoms with Gasteiger partial charge < -0.3 is 9.67 Å². The molecule has 0 aliphatic heterocycles. The number of fused-ring (bicyclic) bond motifs is 1. The van der Waals surface area contributed by atoms with Crippen molar-refractivity contribution in [2.24, 2.45) is 5.41 Å². The van der Waals surface area contributed by atoms with Crippen LogP contribution in [0, 0.1) is 25.1 Å². The molecule has 3 rings (SSSR count). The molecule has 2 aromatic rings. The predicted molar refractivity (Wildman–Crippen MR) is 82.3 cm³/mol. The van der Waals surface area contributed by atoms with Gasteiger partial charge in [-0.3, -0.25) is 0 Å². The number of aryl methyl sites for hydroxylation is 2. The Morgan fingerprint density at radius 2 is 1.95 bits per heavy atom. The molecule has 1 N–H and O–H groups in total. The van der Waals surface area contributed by atoms with E-state index in [1.165, 1.54) is 6.07 Å². The summed E-state index contributed by atoms with van der Waals surface area (Å²) in [5.74, 6) is -0.213. The molecule has 0 fully saturated rings. The predicted octanol–water partition coefficient (Wildman–Crippen LogP) is 4.24. The Labute approximate surface area is 125 Å². The van der Waals surface area contributed by atoms with E-state index in [0.29, 0.717) is 0 Å². The fourth-order valence-corrected chi connectivity index (χ4v) is 3.55. The number of hydrogen-bond donors (Lipinski definition) is 1. The largest absolute Gasteiger partial charge is 0.388 e. The summed E-state index contributed by atoms with van der Waals surface area (Å²) < 4.78 is 15.5. The molecule has 1 atom stereocenters. The molecule has 1 aromatic heterocycles. The lowest BCUT2D eigenvalue weighted by Crippen LogP contribution is -2.26. The van der Waals surface area contributed by atoms with E-state index in [4.69, 9.17) is 0 Å². The van der Waals surface area contributed by atoms with E-state index in [2.05, 4.69) is 24.5 Å². The topological polar surface area (TPSA) is 25.2 Å². The van der Waals surface area contributed by atoms with Crippen molar-refractivity contribution in [3.63, 3.8) is 0 Å². The van der Waals surface area contributed by atoms with Gasteiger partial charge in [0.1, 0.15) is 5.82 Å². The average molecular weight is 287 g/mol. The smallest absolute Gasteiger partial charge is 0.123 e. The molecule has 21 heavy (non-hydrogen) atoms. The highest BCUT2D eigenvalue weighted by atomic mass is 19.1. The molecule has 1 aromatic carbocycles. The average Bonchev–Trinajstić information content (AvgIpc) is 2.65. The Bertz CT molecular complexity index is 699. The van der Waals surface area contributed by atoms with Crippen LogP contribution in [0.4, 0.5) is 4.39 Å². The SMILES string of the molecule is Cc1cc(F)ccc1-n1c(C)cc2c1CC(C)(C)CC2O. The Balaban J connectivity index is 2.21. The van der Waals surface area contributed by atoms with Crippen LogP contribution in [-0.2, 0) is 6.42 Å². The van der Waals surface area contributed by atoms with Crippen LogP contribution in [0.2, 0.25) is 0 Å². The summed E-state index contributed by atoms with van der Waals surface area (Å²) in [4.78, 5) is 0. The quantitative estimate of drug-likeness (QED) is 0.834.